The number of nitrogens with zero attached hydrogens (tertiary/aromatic N) is 4. The molecule has 6 nitrogen and oxygen atoms in total. The summed E-state index contributed by atoms with van der Waals surface area (Å²) in [7, 11) is 0. The molecule has 18 heavy (non-hydrogen) atoms. The van der Waals surface area contributed by atoms with Gasteiger partial charge in [-0.3, -0.25) is 0 Å². The molecule has 0 bridgehead atoms. The lowest BCUT2D eigenvalue weighted by molar-refractivity contribution is -0.485. The van der Waals surface area contributed by atoms with Crippen molar-refractivity contribution >= 4 is 28.9 Å². The van der Waals surface area contributed by atoms with Gasteiger partial charge in [0, 0.05) is 24.0 Å². The molecule has 1 aromatic heterocycles. The van der Waals surface area contributed by atoms with Crippen LogP contribution >= 0.6 is 23.1 Å². The van der Waals surface area contributed by atoms with Crippen molar-refractivity contribution in [3.63, 3.8) is 0 Å². The quantitative estimate of drug-likeness (QED) is 0.483. The monoisotopic (exact) mass is 286 g/mol. The average molecular weight is 286 g/mol. The number of piperidine rings is 1. The van der Waals surface area contributed by atoms with Crippen LogP contribution < -0.4 is 0 Å². The zero-order chi connectivity index (χ0) is 13.0. The fourth-order valence-electron chi connectivity index (χ4n) is 1.90. The van der Waals surface area contributed by atoms with Crippen LogP contribution in [0, 0.1) is 10.1 Å². The minimum absolute atomic E-state index is 0.588. The van der Waals surface area contributed by atoms with Crippen LogP contribution in [0.2, 0.25) is 0 Å². The predicted molar refractivity (Wildman–Crippen MR) is 72.6 cm³/mol. The van der Waals surface area contributed by atoms with E-state index in [1.165, 1.54) is 0 Å². The van der Waals surface area contributed by atoms with E-state index in [-0.39, 0.29) is 0 Å². The molecule has 98 valence electrons. The number of thiazole rings is 1. The molecule has 1 saturated heterocycles. The Morgan fingerprint density at radius 1 is 1.67 bits per heavy atom. The third kappa shape index (κ3) is 3.42. The molecule has 0 aromatic carbocycles. The highest BCUT2D eigenvalue weighted by Crippen LogP contribution is 2.24. The number of aromatic nitrogens is 1. The molecular formula is C10H14N4O2S2. The van der Waals surface area contributed by atoms with E-state index in [0.29, 0.717) is 18.8 Å². The lowest BCUT2D eigenvalue weighted by Gasteiger charge is -2.27. The Labute approximate surface area is 113 Å². The SMILES string of the molecule is CSc1ncc(CN2CCCCC2=N[N+](=O)[O-])s1. The Kier molecular flexibility index (Phi) is 4.54. The van der Waals surface area contributed by atoms with Crippen molar-refractivity contribution in [2.75, 3.05) is 12.8 Å². The maximum atomic E-state index is 10.5. The van der Waals surface area contributed by atoms with Gasteiger partial charge < -0.3 is 4.90 Å². The topological polar surface area (TPSA) is 71.6 Å². The molecule has 0 saturated carbocycles. The van der Waals surface area contributed by atoms with Crippen molar-refractivity contribution in [2.24, 2.45) is 5.10 Å². The number of nitro groups is 1. The Morgan fingerprint density at radius 3 is 3.17 bits per heavy atom. The fourth-order valence-corrected chi connectivity index (χ4v) is 3.36. The molecule has 0 amide bonds. The van der Waals surface area contributed by atoms with Gasteiger partial charge in [0.2, 0.25) is 0 Å². The first-order valence-corrected chi connectivity index (χ1v) is 7.68. The second kappa shape index (κ2) is 6.14. The van der Waals surface area contributed by atoms with Gasteiger partial charge in [-0.2, -0.15) is 0 Å². The number of rotatable bonds is 4. The van der Waals surface area contributed by atoms with E-state index in [1.807, 2.05) is 17.4 Å². The molecule has 0 aliphatic carbocycles. The maximum absolute atomic E-state index is 10.5. The third-order valence-electron chi connectivity index (χ3n) is 2.69. The summed E-state index contributed by atoms with van der Waals surface area (Å²) in [5.41, 5.74) is 0. The maximum Gasteiger partial charge on any atom is 0.192 e. The molecule has 0 atom stereocenters. The fraction of sp³-hybridized carbons (Fsp3) is 0.600. The summed E-state index contributed by atoms with van der Waals surface area (Å²) >= 11 is 3.25. The molecule has 0 N–H and O–H groups in total. The van der Waals surface area contributed by atoms with Gasteiger partial charge in [-0.15, -0.1) is 11.3 Å². The van der Waals surface area contributed by atoms with E-state index < -0.39 is 5.03 Å². The third-order valence-corrected chi connectivity index (χ3v) is 4.68. The van der Waals surface area contributed by atoms with Crippen LogP contribution in [0.15, 0.2) is 15.6 Å². The normalized spacial score (nSPS) is 18.3. The van der Waals surface area contributed by atoms with Crippen molar-refractivity contribution in [3.05, 3.63) is 21.2 Å². The van der Waals surface area contributed by atoms with E-state index >= 15 is 0 Å². The van der Waals surface area contributed by atoms with Gasteiger partial charge in [-0.05, 0) is 19.1 Å². The Hall–Kier alpha value is -1.15. The van der Waals surface area contributed by atoms with Gasteiger partial charge in [0.15, 0.2) is 10.9 Å². The number of amidine groups is 1. The molecule has 1 fully saturated rings. The van der Waals surface area contributed by atoms with Crippen molar-refractivity contribution in [1.82, 2.24) is 9.88 Å². The van der Waals surface area contributed by atoms with Crippen LogP contribution in [-0.2, 0) is 6.54 Å². The van der Waals surface area contributed by atoms with Crippen molar-refractivity contribution < 1.29 is 5.03 Å². The summed E-state index contributed by atoms with van der Waals surface area (Å²) in [5, 5.41) is 13.4. The Balaban J connectivity index is 2.07. The van der Waals surface area contributed by atoms with Crippen molar-refractivity contribution in [2.45, 2.75) is 30.1 Å². The van der Waals surface area contributed by atoms with E-state index in [2.05, 4.69) is 10.1 Å². The van der Waals surface area contributed by atoms with E-state index in [0.717, 1.165) is 28.6 Å². The molecule has 1 aliphatic heterocycles. The molecule has 2 rings (SSSR count). The smallest absolute Gasteiger partial charge is 0.192 e. The number of thioether (sulfide) groups is 1. The first kappa shape index (κ1) is 13.3. The van der Waals surface area contributed by atoms with E-state index in [9.17, 15) is 10.1 Å². The van der Waals surface area contributed by atoms with Crippen LogP contribution in [-0.4, -0.2) is 33.6 Å². The number of likely N-dealkylation sites (tertiary alicyclic amines) is 1. The summed E-state index contributed by atoms with van der Waals surface area (Å²) < 4.78 is 1.02. The van der Waals surface area contributed by atoms with Gasteiger partial charge in [0.05, 0.1) is 11.6 Å². The molecule has 0 unspecified atom stereocenters. The van der Waals surface area contributed by atoms with Crippen LogP contribution in [0.25, 0.3) is 0 Å². The summed E-state index contributed by atoms with van der Waals surface area (Å²) in [6.45, 7) is 1.50. The molecular weight excluding hydrogens is 272 g/mol. The zero-order valence-corrected chi connectivity index (χ0v) is 11.7. The van der Waals surface area contributed by atoms with Crippen LogP contribution in [0.1, 0.15) is 24.1 Å². The summed E-state index contributed by atoms with van der Waals surface area (Å²) in [6.07, 6.45) is 6.56. The number of hydrazone groups is 1. The predicted octanol–water partition coefficient (Wildman–Crippen LogP) is 2.44. The molecule has 0 radical (unpaired) electrons. The minimum atomic E-state index is -0.604. The minimum Gasteiger partial charge on any atom is -0.350 e. The number of hydrogen-bond donors (Lipinski definition) is 0. The number of hydrogen-bond acceptors (Lipinski definition) is 5. The molecule has 1 aliphatic rings. The molecule has 0 spiro atoms. The molecule has 8 heteroatoms. The lowest BCUT2D eigenvalue weighted by Crippen LogP contribution is -2.35. The zero-order valence-electron chi connectivity index (χ0n) is 10.0. The highest BCUT2D eigenvalue weighted by molar-refractivity contribution is 8.00. The van der Waals surface area contributed by atoms with Crippen LogP contribution in [0.4, 0.5) is 0 Å². The van der Waals surface area contributed by atoms with Crippen molar-refractivity contribution in [3.8, 4) is 0 Å². The highest BCUT2D eigenvalue weighted by Gasteiger charge is 2.20. The van der Waals surface area contributed by atoms with Gasteiger partial charge in [0.25, 0.3) is 0 Å². The standard InChI is InChI=1S/C10H14N4O2S2/c1-17-10-11-6-8(18-10)7-13-5-3-2-4-9(13)12-14(15)16/h6H,2-5,7H2,1H3. The van der Waals surface area contributed by atoms with Gasteiger partial charge >= 0.3 is 0 Å². The van der Waals surface area contributed by atoms with Crippen LogP contribution in [0.5, 0.6) is 0 Å². The molecule has 1 aromatic rings. The van der Waals surface area contributed by atoms with Crippen LogP contribution in [0.3, 0.4) is 0 Å². The largest absolute Gasteiger partial charge is 0.350 e. The Bertz CT molecular complexity index is 460. The van der Waals surface area contributed by atoms with E-state index in [4.69, 9.17) is 0 Å². The average Bonchev–Trinajstić information content (AvgIpc) is 2.79. The van der Waals surface area contributed by atoms with E-state index in [1.54, 1.807) is 23.1 Å². The first-order chi connectivity index (χ1) is 8.69. The first-order valence-electron chi connectivity index (χ1n) is 5.64. The van der Waals surface area contributed by atoms with Gasteiger partial charge in [-0.1, -0.05) is 11.8 Å². The second-order valence-corrected chi connectivity index (χ2v) is 6.10. The Morgan fingerprint density at radius 2 is 2.50 bits per heavy atom. The summed E-state index contributed by atoms with van der Waals surface area (Å²) in [6, 6.07) is 0. The van der Waals surface area contributed by atoms with Crippen molar-refractivity contribution in [1.29, 1.82) is 0 Å². The summed E-state index contributed by atoms with van der Waals surface area (Å²) in [5.74, 6) is 0.588. The lowest BCUT2D eigenvalue weighted by atomic mass is 10.1. The van der Waals surface area contributed by atoms with Gasteiger partial charge in [-0.25, -0.2) is 15.1 Å². The molecule has 2 heterocycles. The highest BCUT2D eigenvalue weighted by atomic mass is 32.2. The summed E-state index contributed by atoms with van der Waals surface area (Å²) in [4.78, 5) is 17.9. The van der Waals surface area contributed by atoms with Gasteiger partial charge in [0.1, 0.15) is 4.34 Å². The second-order valence-electron chi connectivity index (χ2n) is 3.93.